The molecular formula is C14H23N5O. The molecule has 0 radical (unpaired) electrons. The molecule has 1 aromatic heterocycles. The molecule has 110 valence electrons. The van der Waals surface area contributed by atoms with Gasteiger partial charge in [0, 0.05) is 41.2 Å². The van der Waals surface area contributed by atoms with Crippen LogP contribution in [0.3, 0.4) is 0 Å². The van der Waals surface area contributed by atoms with E-state index in [0.29, 0.717) is 0 Å². The maximum Gasteiger partial charge on any atom is 0.205 e. The van der Waals surface area contributed by atoms with Crippen LogP contribution in [0.15, 0.2) is 32.8 Å². The average molecular weight is 277 g/mol. The highest BCUT2D eigenvalue weighted by Crippen LogP contribution is 2.11. The Morgan fingerprint density at radius 1 is 1.25 bits per heavy atom. The van der Waals surface area contributed by atoms with Gasteiger partial charge in [-0.3, -0.25) is 4.90 Å². The third kappa shape index (κ3) is 3.12. The first kappa shape index (κ1) is 14.4. The molecule has 0 spiro atoms. The van der Waals surface area contributed by atoms with Crippen LogP contribution >= 0.6 is 0 Å². The molecule has 1 atom stereocenters. The van der Waals surface area contributed by atoms with E-state index in [4.69, 9.17) is 4.42 Å². The standard InChI is InChI=1S/C14H23N5O/c1-11-15-13(17(2)3)19(5)14(16-11)18(4)9-8-12-7-6-10-20-12/h6-7,10-11H,8-9H2,1-5H3. The lowest BCUT2D eigenvalue weighted by Crippen LogP contribution is -2.51. The Kier molecular flexibility index (Phi) is 4.32. The minimum atomic E-state index is -0.0512. The van der Waals surface area contributed by atoms with E-state index >= 15 is 0 Å². The third-order valence-corrected chi connectivity index (χ3v) is 3.22. The smallest absolute Gasteiger partial charge is 0.205 e. The van der Waals surface area contributed by atoms with Gasteiger partial charge in [0.1, 0.15) is 11.9 Å². The summed E-state index contributed by atoms with van der Waals surface area (Å²) < 4.78 is 5.37. The zero-order valence-corrected chi connectivity index (χ0v) is 12.9. The molecule has 20 heavy (non-hydrogen) atoms. The van der Waals surface area contributed by atoms with Gasteiger partial charge in [0.25, 0.3) is 0 Å². The van der Waals surface area contributed by atoms with E-state index in [-0.39, 0.29) is 6.17 Å². The SMILES string of the molecule is CC1N=C(N(C)C)N(C)C(N(C)CCc2ccco2)=N1. The Hall–Kier alpha value is -1.98. The van der Waals surface area contributed by atoms with Crippen molar-refractivity contribution in [2.24, 2.45) is 9.98 Å². The largest absolute Gasteiger partial charge is 0.469 e. The Bertz CT molecular complexity index is 492. The van der Waals surface area contributed by atoms with Crippen molar-refractivity contribution in [1.29, 1.82) is 0 Å². The van der Waals surface area contributed by atoms with Crippen LogP contribution in [0, 0.1) is 0 Å². The van der Waals surface area contributed by atoms with Gasteiger partial charge in [-0.2, -0.15) is 0 Å². The first-order chi connectivity index (χ1) is 9.49. The second kappa shape index (κ2) is 5.98. The molecule has 0 fully saturated rings. The lowest BCUT2D eigenvalue weighted by molar-refractivity contribution is 0.397. The molecule has 1 unspecified atom stereocenters. The molecule has 0 N–H and O–H groups in total. The lowest BCUT2D eigenvalue weighted by Gasteiger charge is -2.35. The van der Waals surface area contributed by atoms with Crippen LogP contribution in [0.25, 0.3) is 0 Å². The Morgan fingerprint density at radius 2 is 1.95 bits per heavy atom. The van der Waals surface area contributed by atoms with E-state index in [2.05, 4.69) is 14.9 Å². The van der Waals surface area contributed by atoms with Gasteiger partial charge in [0.2, 0.25) is 11.9 Å². The van der Waals surface area contributed by atoms with Gasteiger partial charge in [-0.15, -0.1) is 0 Å². The van der Waals surface area contributed by atoms with E-state index in [9.17, 15) is 0 Å². The van der Waals surface area contributed by atoms with E-state index in [1.807, 2.05) is 57.0 Å². The number of likely N-dealkylation sites (N-methyl/N-ethyl adjacent to an activating group) is 1. The van der Waals surface area contributed by atoms with E-state index in [1.165, 1.54) is 0 Å². The first-order valence-electron chi connectivity index (χ1n) is 6.79. The second-order valence-electron chi connectivity index (χ2n) is 5.19. The van der Waals surface area contributed by atoms with Gasteiger partial charge in [0.05, 0.1) is 6.26 Å². The topological polar surface area (TPSA) is 47.6 Å². The number of nitrogens with zero attached hydrogens (tertiary/aromatic N) is 5. The Labute approximate surface area is 120 Å². The van der Waals surface area contributed by atoms with E-state index in [0.717, 1.165) is 30.6 Å². The fourth-order valence-electron chi connectivity index (χ4n) is 2.23. The summed E-state index contributed by atoms with van der Waals surface area (Å²) in [5.41, 5.74) is 0. The van der Waals surface area contributed by atoms with Gasteiger partial charge in [-0.1, -0.05) is 0 Å². The predicted molar refractivity (Wildman–Crippen MR) is 80.8 cm³/mol. The van der Waals surface area contributed by atoms with E-state index < -0.39 is 0 Å². The highest BCUT2D eigenvalue weighted by atomic mass is 16.3. The summed E-state index contributed by atoms with van der Waals surface area (Å²) in [5.74, 6) is 2.85. The highest BCUT2D eigenvalue weighted by molar-refractivity contribution is 5.99. The Morgan fingerprint density at radius 3 is 2.55 bits per heavy atom. The average Bonchev–Trinajstić information content (AvgIpc) is 2.91. The van der Waals surface area contributed by atoms with Crippen LogP contribution in [-0.4, -0.2) is 67.5 Å². The monoisotopic (exact) mass is 277 g/mol. The second-order valence-corrected chi connectivity index (χ2v) is 5.19. The first-order valence-corrected chi connectivity index (χ1v) is 6.79. The predicted octanol–water partition coefficient (Wildman–Crippen LogP) is 1.32. The fourth-order valence-corrected chi connectivity index (χ4v) is 2.23. The summed E-state index contributed by atoms with van der Waals surface area (Å²) in [6, 6.07) is 3.91. The van der Waals surface area contributed by atoms with Gasteiger partial charge in [-0.25, -0.2) is 9.98 Å². The van der Waals surface area contributed by atoms with Crippen molar-refractivity contribution in [3.8, 4) is 0 Å². The molecule has 0 saturated carbocycles. The van der Waals surface area contributed by atoms with Gasteiger partial charge < -0.3 is 14.2 Å². The lowest BCUT2D eigenvalue weighted by atomic mass is 10.3. The van der Waals surface area contributed by atoms with Crippen LogP contribution in [0.4, 0.5) is 0 Å². The van der Waals surface area contributed by atoms with Crippen molar-refractivity contribution in [3.05, 3.63) is 24.2 Å². The zero-order chi connectivity index (χ0) is 14.7. The number of rotatable bonds is 3. The molecule has 0 bridgehead atoms. The van der Waals surface area contributed by atoms with Crippen LogP contribution < -0.4 is 0 Å². The molecule has 2 rings (SSSR count). The molecule has 1 aliphatic rings. The van der Waals surface area contributed by atoms with Gasteiger partial charge >= 0.3 is 0 Å². The van der Waals surface area contributed by atoms with Crippen molar-refractivity contribution < 1.29 is 4.42 Å². The molecule has 0 aromatic carbocycles. The summed E-state index contributed by atoms with van der Waals surface area (Å²) in [5, 5.41) is 0. The molecule has 6 nitrogen and oxygen atoms in total. The van der Waals surface area contributed by atoms with Crippen LogP contribution in [0.1, 0.15) is 12.7 Å². The minimum Gasteiger partial charge on any atom is -0.469 e. The fraction of sp³-hybridized carbons (Fsp3) is 0.571. The Balaban J connectivity index is 2.03. The van der Waals surface area contributed by atoms with Crippen molar-refractivity contribution in [2.45, 2.75) is 19.5 Å². The maximum absolute atomic E-state index is 5.37. The maximum atomic E-state index is 5.37. The molecule has 6 heteroatoms. The van der Waals surface area contributed by atoms with E-state index in [1.54, 1.807) is 6.26 Å². The van der Waals surface area contributed by atoms with Gasteiger partial charge in [0.15, 0.2) is 0 Å². The number of hydrogen-bond acceptors (Lipinski definition) is 6. The molecule has 0 aliphatic carbocycles. The number of aliphatic imine (C=N–C) groups is 2. The summed E-state index contributed by atoms with van der Waals surface area (Å²) in [6.07, 6.45) is 2.52. The van der Waals surface area contributed by atoms with Crippen molar-refractivity contribution >= 4 is 11.9 Å². The minimum absolute atomic E-state index is 0.0512. The normalized spacial score (nSPS) is 18.6. The number of hydrogen-bond donors (Lipinski definition) is 0. The molecule has 1 aromatic rings. The molecule has 0 saturated heterocycles. The third-order valence-electron chi connectivity index (χ3n) is 3.22. The number of furan rings is 1. The van der Waals surface area contributed by atoms with Crippen LogP contribution in [0.5, 0.6) is 0 Å². The number of guanidine groups is 2. The summed E-state index contributed by atoms with van der Waals surface area (Å²) in [7, 11) is 8.03. The highest BCUT2D eigenvalue weighted by Gasteiger charge is 2.24. The van der Waals surface area contributed by atoms with Gasteiger partial charge in [-0.05, 0) is 19.1 Å². The zero-order valence-electron chi connectivity index (χ0n) is 12.9. The van der Waals surface area contributed by atoms with Crippen molar-refractivity contribution in [1.82, 2.24) is 14.7 Å². The summed E-state index contributed by atoms with van der Waals surface area (Å²) in [4.78, 5) is 15.3. The summed E-state index contributed by atoms with van der Waals surface area (Å²) in [6.45, 7) is 2.85. The molecular weight excluding hydrogens is 254 g/mol. The van der Waals surface area contributed by atoms with Crippen molar-refractivity contribution in [3.63, 3.8) is 0 Å². The van der Waals surface area contributed by atoms with Crippen LogP contribution in [-0.2, 0) is 6.42 Å². The molecule has 1 aliphatic heterocycles. The molecule has 0 amide bonds. The summed E-state index contributed by atoms with van der Waals surface area (Å²) >= 11 is 0. The molecule has 2 heterocycles. The van der Waals surface area contributed by atoms with Crippen LogP contribution in [0.2, 0.25) is 0 Å². The van der Waals surface area contributed by atoms with Crippen molar-refractivity contribution in [2.75, 3.05) is 34.7 Å². The quantitative estimate of drug-likeness (QED) is 0.836.